The van der Waals surface area contributed by atoms with E-state index in [4.69, 9.17) is 8.85 Å². The van der Waals surface area contributed by atoms with Crippen molar-refractivity contribution in [2.75, 3.05) is 0 Å². The van der Waals surface area contributed by atoms with Crippen molar-refractivity contribution in [2.45, 2.75) is 84.2 Å². The first-order valence-corrected chi connectivity index (χ1v) is 14.7. The van der Waals surface area contributed by atoms with Gasteiger partial charge in [-0.15, -0.1) is 0 Å². The molecule has 124 valence electrons. The van der Waals surface area contributed by atoms with Crippen molar-refractivity contribution in [3.63, 3.8) is 0 Å². The summed E-state index contributed by atoms with van der Waals surface area (Å²) in [5.74, 6) is -0.124. The van der Waals surface area contributed by atoms with Crippen LogP contribution >= 0.6 is 0 Å². The predicted molar refractivity (Wildman–Crippen MR) is 91.2 cm³/mol. The van der Waals surface area contributed by atoms with E-state index in [1.165, 1.54) is 0 Å². The van der Waals surface area contributed by atoms with Gasteiger partial charge in [-0.05, 0) is 52.1 Å². The summed E-state index contributed by atoms with van der Waals surface area (Å²) in [7, 11) is -3.46. The molecule has 0 N–H and O–H groups in total. The number of carbonyl (C=O) groups excluding carboxylic acids is 2. The van der Waals surface area contributed by atoms with Crippen LogP contribution in [-0.2, 0) is 18.4 Å². The average molecular weight is 333 g/mol. The van der Waals surface area contributed by atoms with Gasteiger partial charge in [0.2, 0.25) is 16.6 Å². The Morgan fingerprint density at radius 2 is 0.905 bits per heavy atom. The van der Waals surface area contributed by atoms with Gasteiger partial charge in [0.1, 0.15) is 0 Å². The molecule has 0 aromatic rings. The van der Waals surface area contributed by atoms with E-state index in [9.17, 15) is 9.59 Å². The third-order valence-corrected chi connectivity index (χ3v) is 4.28. The number of hydrogen-bond acceptors (Lipinski definition) is 4. The third kappa shape index (κ3) is 15.6. The highest BCUT2D eigenvalue weighted by Crippen LogP contribution is 2.12. The maximum Gasteiger partial charge on any atom is 0.292 e. The Morgan fingerprint density at radius 3 is 1.19 bits per heavy atom. The van der Waals surface area contributed by atoms with Crippen LogP contribution in [0.3, 0.4) is 0 Å². The Kier molecular flexibility index (Phi) is 9.12. The van der Waals surface area contributed by atoms with E-state index in [1.807, 2.05) is 39.3 Å². The van der Waals surface area contributed by atoms with Crippen molar-refractivity contribution in [3.05, 3.63) is 0 Å². The van der Waals surface area contributed by atoms with Crippen molar-refractivity contribution in [2.24, 2.45) is 0 Å². The van der Waals surface area contributed by atoms with Gasteiger partial charge in [0.05, 0.1) is 0 Å². The molecule has 4 nitrogen and oxygen atoms in total. The SMILES string of the molecule is C[Si](C)(C)OC(=O)CCCCCCCC(=O)O[Si](C)(C)C. The van der Waals surface area contributed by atoms with Crippen molar-refractivity contribution in [1.82, 2.24) is 0 Å². The number of rotatable bonds is 10. The van der Waals surface area contributed by atoms with Crippen LogP contribution in [0.25, 0.3) is 0 Å². The lowest BCUT2D eigenvalue weighted by atomic mass is 10.1. The Hall–Kier alpha value is -0.626. The Labute approximate surface area is 131 Å². The van der Waals surface area contributed by atoms with Crippen LogP contribution < -0.4 is 0 Å². The van der Waals surface area contributed by atoms with Crippen LogP contribution in [0.2, 0.25) is 39.3 Å². The molecule has 0 heterocycles. The van der Waals surface area contributed by atoms with Gasteiger partial charge >= 0.3 is 0 Å². The topological polar surface area (TPSA) is 52.6 Å². The maximum atomic E-state index is 11.5. The van der Waals surface area contributed by atoms with Gasteiger partial charge in [-0.1, -0.05) is 19.3 Å². The molecule has 0 aliphatic rings. The van der Waals surface area contributed by atoms with E-state index < -0.39 is 16.6 Å². The molecular formula is C15H32O4Si2. The molecule has 0 fully saturated rings. The minimum atomic E-state index is -1.73. The second kappa shape index (κ2) is 9.40. The van der Waals surface area contributed by atoms with Crippen LogP contribution in [-0.4, -0.2) is 28.6 Å². The van der Waals surface area contributed by atoms with E-state index in [1.54, 1.807) is 0 Å². The molecule has 0 rings (SSSR count). The van der Waals surface area contributed by atoms with Crippen LogP contribution in [0.1, 0.15) is 44.9 Å². The fraction of sp³-hybridized carbons (Fsp3) is 0.867. The minimum Gasteiger partial charge on any atom is -0.520 e. The van der Waals surface area contributed by atoms with Gasteiger partial charge in [-0.3, -0.25) is 9.59 Å². The highest BCUT2D eigenvalue weighted by atomic mass is 28.4. The molecule has 0 unspecified atom stereocenters. The van der Waals surface area contributed by atoms with E-state index in [2.05, 4.69) is 0 Å². The molecular weight excluding hydrogens is 300 g/mol. The summed E-state index contributed by atoms with van der Waals surface area (Å²) in [6, 6.07) is 0. The molecule has 0 amide bonds. The molecule has 0 saturated carbocycles. The van der Waals surface area contributed by atoms with Crippen molar-refractivity contribution in [3.8, 4) is 0 Å². The Morgan fingerprint density at radius 1 is 0.619 bits per heavy atom. The average Bonchev–Trinajstić information content (AvgIpc) is 2.22. The third-order valence-electron chi connectivity index (χ3n) is 2.60. The summed E-state index contributed by atoms with van der Waals surface area (Å²) in [5, 5.41) is 0. The molecule has 6 heteroatoms. The maximum absolute atomic E-state index is 11.5. The number of carbonyl (C=O) groups is 2. The second-order valence-corrected chi connectivity index (χ2v) is 16.3. The summed E-state index contributed by atoms with van der Waals surface area (Å²) in [4.78, 5) is 23.0. The lowest BCUT2D eigenvalue weighted by molar-refractivity contribution is -0.136. The summed E-state index contributed by atoms with van der Waals surface area (Å²) in [6.07, 6.45) is 5.88. The lowest BCUT2D eigenvalue weighted by Crippen LogP contribution is -2.29. The van der Waals surface area contributed by atoms with E-state index in [0.717, 1.165) is 32.1 Å². The molecule has 0 atom stereocenters. The Balaban J connectivity index is 3.49. The van der Waals surface area contributed by atoms with E-state index >= 15 is 0 Å². The summed E-state index contributed by atoms with van der Waals surface area (Å²) in [6.45, 7) is 12.1. The molecule has 0 saturated heterocycles. The van der Waals surface area contributed by atoms with Crippen molar-refractivity contribution < 1.29 is 18.4 Å². The zero-order valence-corrected chi connectivity index (χ0v) is 16.6. The summed E-state index contributed by atoms with van der Waals surface area (Å²) in [5.41, 5.74) is 0. The highest BCUT2D eigenvalue weighted by molar-refractivity contribution is 6.71. The van der Waals surface area contributed by atoms with Crippen LogP contribution in [0.5, 0.6) is 0 Å². The standard InChI is InChI=1S/C15H32O4Si2/c1-20(2,3)18-14(16)12-10-8-7-9-11-13-15(17)19-21(4,5)6/h7-13H2,1-6H3. The minimum absolute atomic E-state index is 0.0621. The first-order valence-electron chi connectivity index (χ1n) is 7.93. The zero-order chi connectivity index (χ0) is 16.5. The Bertz CT molecular complexity index is 298. The van der Waals surface area contributed by atoms with E-state index in [0.29, 0.717) is 12.8 Å². The second-order valence-electron chi connectivity index (χ2n) is 7.44. The summed E-state index contributed by atoms with van der Waals surface area (Å²) < 4.78 is 10.8. The van der Waals surface area contributed by atoms with Gasteiger partial charge < -0.3 is 8.85 Å². The molecule has 0 aromatic carbocycles. The molecule has 0 bridgehead atoms. The molecule has 0 aromatic heterocycles. The molecule has 21 heavy (non-hydrogen) atoms. The largest absolute Gasteiger partial charge is 0.520 e. The number of unbranched alkanes of at least 4 members (excludes halogenated alkanes) is 4. The molecule has 0 aliphatic heterocycles. The first kappa shape index (κ1) is 20.4. The lowest BCUT2D eigenvalue weighted by Gasteiger charge is -2.17. The van der Waals surface area contributed by atoms with Gasteiger partial charge in [-0.25, -0.2) is 0 Å². The van der Waals surface area contributed by atoms with Gasteiger partial charge in [0.15, 0.2) is 0 Å². The highest BCUT2D eigenvalue weighted by Gasteiger charge is 2.20. The zero-order valence-electron chi connectivity index (χ0n) is 14.6. The molecule has 0 spiro atoms. The summed E-state index contributed by atoms with van der Waals surface area (Å²) >= 11 is 0. The molecule has 0 aliphatic carbocycles. The smallest absolute Gasteiger partial charge is 0.292 e. The quantitative estimate of drug-likeness (QED) is 0.437. The fourth-order valence-electron chi connectivity index (χ4n) is 1.85. The predicted octanol–water partition coefficient (Wildman–Crippen LogP) is 4.47. The fourth-order valence-corrected chi connectivity index (χ4v) is 3.42. The van der Waals surface area contributed by atoms with Gasteiger partial charge in [0.25, 0.3) is 11.9 Å². The van der Waals surface area contributed by atoms with Crippen molar-refractivity contribution >= 4 is 28.6 Å². The normalized spacial score (nSPS) is 12.1. The van der Waals surface area contributed by atoms with Gasteiger partial charge in [0, 0.05) is 12.8 Å². The number of hydrogen-bond donors (Lipinski definition) is 0. The van der Waals surface area contributed by atoms with Crippen LogP contribution in [0.4, 0.5) is 0 Å². The van der Waals surface area contributed by atoms with E-state index in [-0.39, 0.29) is 11.9 Å². The first-order chi connectivity index (χ1) is 9.49. The van der Waals surface area contributed by atoms with Crippen molar-refractivity contribution in [1.29, 1.82) is 0 Å². The van der Waals surface area contributed by atoms with Crippen LogP contribution in [0.15, 0.2) is 0 Å². The van der Waals surface area contributed by atoms with Crippen LogP contribution in [0, 0.1) is 0 Å². The molecule has 0 radical (unpaired) electrons. The monoisotopic (exact) mass is 332 g/mol. The van der Waals surface area contributed by atoms with Gasteiger partial charge in [-0.2, -0.15) is 0 Å².